The zero-order valence-corrected chi connectivity index (χ0v) is 11.3. The van der Waals surface area contributed by atoms with Crippen LogP contribution in [0.4, 0.5) is 0 Å². The first-order chi connectivity index (χ1) is 8.13. The second-order valence-electron chi connectivity index (χ2n) is 5.17. The Morgan fingerprint density at radius 1 is 1.41 bits per heavy atom. The fourth-order valence-corrected chi connectivity index (χ4v) is 2.31. The highest BCUT2D eigenvalue weighted by atomic mass is 35.5. The normalized spacial score (nSPS) is 14.5. The Bertz CT molecular complexity index is 390. The van der Waals surface area contributed by atoms with Gasteiger partial charge in [-0.05, 0) is 17.2 Å². The molecule has 2 rings (SSSR count). The molecule has 1 aliphatic heterocycles. The van der Waals surface area contributed by atoms with Crippen molar-refractivity contribution < 1.29 is 4.74 Å². The van der Waals surface area contributed by atoms with Crippen LogP contribution >= 0.6 is 11.6 Å². The summed E-state index contributed by atoms with van der Waals surface area (Å²) in [5.74, 6) is 1.71. The quantitative estimate of drug-likeness (QED) is 0.644. The van der Waals surface area contributed by atoms with Gasteiger partial charge in [0.2, 0.25) is 0 Å². The minimum Gasteiger partial charge on any atom is -0.493 e. The molecule has 17 heavy (non-hydrogen) atoms. The molecule has 0 saturated carbocycles. The van der Waals surface area contributed by atoms with E-state index in [0.717, 1.165) is 31.9 Å². The first-order valence-electron chi connectivity index (χ1n) is 6.16. The number of hydrogen-bond donors (Lipinski definition) is 1. The van der Waals surface area contributed by atoms with Gasteiger partial charge in [-0.1, -0.05) is 26.0 Å². The summed E-state index contributed by atoms with van der Waals surface area (Å²) in [5.41, 5.74) is 2.83. The van der Waals surface area contributed by atoms with Crippen LogP contribution in [0.3, 0.4) is 0 Å². The largest absolute Gasteiger partial charge is 0.493 e. The van der Waals surface area contributed by atoms with Crippen LogP contribution in [0.5, 0.6) is 5.75 Å². The molecular formula is C14H20ClNO. The van der Waals surface area contributed by atoms with E-state index in [9.17, 15) is 0 Å². The summed E-state index contributed by atoms with van der Waals surface area (Å²) in [6.07, 6.45) is 1.04. The highest BCUT2D eigenvalue weighted by Gasteiger charge is 2.22. The molecule has 1 aliphatic rings. The average molecular weight is 254 g/mol. The molecule has 0 unspecified atom stereocenters. The molecule has 0 amide bonds. The third-order valence-electron chi connectivity index (χ3n) is 3.31. The molecule has 1 heterocycles. The fourth-order valence-electron chi connectivity index (χ4n) is 2.18. The molecule has 0 bridgehead atoms. The molecule has 94 valence electrons. The minimum atomic E-state index is 0.129. The first kappa shape index (κ1) is 12.7. The van der Waals surface area contributed by atoms with Gasteiger partial charge in [-0.2, -0.15) is 0 Å². The number of alkyl halides is 1. The van der Waals surface area contributed by atoms with Crippen LogP contribution in [0.15, 0.2) is 18.2 Å². The molecule has 0 spiro atoms. The van der Waals surface area contributed by atoms with Crippen molar-refractivity contribution in [3.8, 4) is 5.75 Å². The number of fused-ring (bicyclic) bond motifs is 1. The maximum atomic E-state index is 5.67. The van der Waals surface area contributed by atoms with E-state index in [4.69, 9.17) is 16.3 Å². The van der Waals surface area contributed by atoms with Crippen LogP contribution in [-0.2, 0) is 11.8 Å². The maximum absolute atomic E-state index is 5.67. The van der Waals surface area contributed by atoms with Crippen molar-refractivity contribution in [2.45, 2.75) is 25.7 Å². The standard InChI is InChI=1S/C14H20ClNO/c1-14(2,10-16-7-6-15)12-3-4-13-11(9-12)5-8-17-13/h3-4,9,16H,5-8,10H2,1-2H3. The lowest BCUT2D eigenvalue weighted by molar-refractivity contribution is 0.356. The van der Waals surface area contributed by atoms with Gasteiger partial charge in [0.05, 0.1) is 6.61 Å². The summed E-state index contributed by atoms with van der Waals surface area (Å²) in [6.45, 7) is 7.14. The molecule has 0 atom stereocenters. The Morgan fingerprint density at radius 2 is 2.24 bits per heavy atom. The van der Waals surface area contributed by atoms with Crippen molar-refractivity contribution in [2.75, 3.05) is 25.6 Å². The molecule has 1 aromatic rings. The Kier molecular flexibility index (Phi) is 3.95. The van der Waals surface area contributed by atoms with Crippen LogP contribution in [0.2, 0.25) is 0 Å². The second kappa shape index (κ2) is 5.28. The van der Waals surface area contributed by atoms with Crippen LogP contribution in [0, 0.1) is 0 Å². The Hall–Kier alpha value is -0.730. The lowest BCUT2D eigenvalue weighted by Gasteiger charge is -2.26. The molecule has 1 aromatic carbocycles. The molecule has 2 nitrogen and oxygen atoms in total. The van der Waals surface area contributed by atoms with Crippen LogP contribution in [0.25, 0.3) is 0 Å². The summed E-state index contributed by atoms with van der Waals surface area (Å²) in [7, 11) is 0. The summed E-state index contributed by atoms with van der Waals surface area (Å²) < 4.78 is 5.53. The monoisotopic (exact) mass is 253 g/mol. The van der Waals surface area contributed by atoms with Crippen LogP contribution in [-0.4, -0.2) is 25.6 Å². The zero-order chi connectivity index (χ0) is 12.3. The van der Waals surface area contributed by atoms with Crippen molar-refractivity contribution in [3.63, 3.8) is 0 Å². The first-order valence-corrected chi connectivity index (χ1v) is 6.70. The van der Waals surface area contributed by atoms with Gasteiger partial charge in [0.25, 0.3) is 0 Å². The Morgan fingerprint density at radius 3 is 3.00 bits per heavy atom. The highest BCUT2D eigenvalue weighted by Crippen LogP contribution is 2.31. The number of halogens is 1. The predicted octanol–water partition coefficient (Wildman–Crippen LogP) is 2.73. The number of nitrogens with one attached hydrogen (secondary N) is 1. The average Bonchev–Trinajstić information content (AvgIpc) is 2.76. The van der Waals surface area contributed by atoms with Gasteiger partial charge in [-0.3, -0.25) is 0 Å². The van der Waals surface area contributed by atoms with Gasteiger partial charge in [-0.25, -0.2) is 0 Å². The predicted molar refractivity (Wildman–Crippen MR) is 72.3 cm³/mol. The van der Waals surface area contributed by atoms with E-state index in [1.807, 2.05) is 0 Å². The maximum Gasteiger partial charge on any atom is 0.122 e. The summed E-state index contributed by atoms with van der Waals surface area (Å²) in [6, 6.07) is 6.55. The molecule has 3 heteroatoms. The van der Waals surface area contributed by atoms with Gasteiger partial charge < -0.3 is 10.1 Å². The molecule has 0 radical (unpaired) electrons. The van der Waals surface area contributed by atoms with E-state index < -0.39 is 0 Å². The second-order valence-corrected chi connectivity index (χ2v) is 5.55. The van der Waals surface area contributed by atoms with Gasteiger partial charge in [0.15, 0.2) is 0 Å². The summed E-state index contributed by atoms with van der Waals surface area (Å²) >= 11 is 5.67. The molecule has 0 saturated heterocycles. The third-order valence-corrected chi connectivity index (χ3v) is 3.50. The zero-order valence-electron chi connectivity index (χ0n) is 10.6. The summed E-state index contributed by atoms with van der Waals surface area (Å²) in [4.78, 5) is 0. The van der Waals surface area contributed by atoms with E-state index >= 15 is 0 Å². The highest BCUT2D eigenvalue weighted by molar-refractivity contribution is 6.18. The Labute approximate surface area is 108 Å². The Balaban J connectivity index is 2.10. The van der Waals surface area contributed by atoms with E-state index in [1.54, 1.807) is 0 Å². The lowest BCUT2D eigenvalue weighted by Crippen LogP contribution is -2.34. The lowest BCUT2D eigenvalue weighted by atomic mass is 9.83. The van der Waals surface area contributed by atoms with Gasteiger partial charge in [0.1, 0.15) is 5.75 Å². The van der Waals surface area contributed by atoms with Crippen LogP contribution in [0.1, 0.15) is 25.0 Å². The van der Waals surface area contributed by atoms with E-state index in [0.29, 0.717) is 5.88 Å². The number of benzene rings is 1. The fraction of sp³-hybridized carbons (Fsp3) is 0.571. The SMILES string of the molecule is CC(C)(CNCCCl)c1ccc2c(c1)CCO2. The van der Waals surface area contributed by atoms with Crippen molar-refractivity contribution in [1.82, 2.24) is 5.32 Å². The number of ether oxygens (including phenoxy) is 1. The van der Waals surface area contributed by atoms with Crippen LogP contribution < -0.4 is 10.1 Å². The van der Waals surface area contributed by atoms with Crippen molar-refractivity contribution >= 4 is 11.6 Å². The van der Waals surface area contributed by atoms with E-state index in [2.05, 4.69) is 37.4 Å². The number of rotatable bonds is 5. The van der Waals surface area contributed by atoms with Gasteiger partial charge in [-0.15, -0.1) is 11.6 Å². The van der Waals surface area contributed by atoms with Gasteiger partial charge >= 0.3 is 0 Å². The van der Waals surface area contributed by atoms with E-state index in [-0.39, 0.29) is 5.41 Å². The molecule has 0 fully saturated rings. The van der Waals surface area contributed by atoms with Crippen molar-refractivity contribution in [1.29, 1.82) is 0 Å². The topological polar surface area (TPSA) is 21.3 Å². The van der Waals surface area contributed by atoms with E-state index in [1.165, 1.54) is 11.1 Å². The molecule has 0 aliphatic carbocycles. The smallest absolute Gasteiger partial charge is 0.122 e. The van der Waals surface area contributed by atoms with Crippen molar-refractivity contribution in [2.24, 2.45) is 0 Å². The third kappa shape index (κ3) is 2.93. The summed E-state index contributed by atoms with van der Waals surface area (Å²) in [5, 5.41) is 3.38. The molecule has 1 N–H and O–H groups in total. The molecule has 0 aromatic heterocycles. The van der Waals surface area contributed by atoms with Crippen molar-refractivity contribution in [3.05, 3.63) is 29.3 Å². The van der Waals surface area contributed by atoms with Gasteiger partial charge in [0, 0.05) is 30.8 Å². The minimum absolute atomic E-state index is 0.129. The molecular weight excluding hydrogens is 234 g/mol. The number of hydrogen-bond acceptors (Lipinski definition) is 2.